The summed E-state index contributed by atoms with van der Waals surface area (Å²) in [6, 6.07) is 21.1. The lowest BCUT2D eigenvalue weighted by molar-refractivity contribution is 0.0950. The van der Waals surface area contributed by atoms with Crippen LogP contribution in [0.2, 0.25) is 0 Å². The van der Waals surface area contributed by atoms with Gasteiger partial charge in [-0.3, -0.25) is 14.2 Å². The van der Waals surface area contributed by atoms with E-state index in [9.17, 15) is 13.2 Å². The van der Waals surface area contributed by atoms with Crippen molar-refractivity contribution in [1.29, 1.82) is 0 Å². The number of carbonyl (C=O) groups is 1. The van der Waals surface area contributed by atoms with Gasteiger partial charge in [0, 0.05) is 24.5 Å². The molecule has 4 rings (SSSR count). The SMILES string of the molecule is Cc1cccc(NS(=O)(=O)c2ccc(C(=O)NCc3ccccc3Cn3cccn3)cc2)c1C. The van der Waals surface area contributed by atoms with Gasteiger partial charge in [0.15, 0.2) is 0 Å². The summed E-state index contributed by atoms with van der Waals surface area (Å²) < 4.78 is 30.1. The number of aromatic nitrogens is 2. The first-order chi connectivity index (χ1) is 16.3. The average Bonchev–Trinajstić information content (AvgIpc) is 3.34. The van der Waals surface area contributed by atoms with Crippen LogP contribution in [0.3, 0.4) is 0 Å². The van der Waals surface area contributed by atoms with Crippen molar-refractivity contribution < 1.29 is 13.2 Å². The zero-order chi connectivity index (χ0) is 24.1. The number of amides is 1. The highest BCUT2D eigenvalue weighted by Crippen LogP contribution is 2.22. The molecular weight excluding hydrogens is 448 g/mol. The predicted molar refractivity (Wildman–Crippen MR) is 132 cm³/mol. The normalized spacial score (nSPS) is 11.2. The van der Waals surface area contributed by atoms with E-state index in [2.05, 4.69) is 15.1 Å². The fourth-order valence-corrected chi connectivity index (χ4v) is 4.70. The molecule has 0 saturated carbocycles. The quantitative estimate of drug-likeness (QED) is 0.399. The highest BCUT2D eigenvalue weighted by Gasteiger charge is 2.17. The summed E-state index contributed by atoms with van der Waals surface area (Å²) in [6.45, 7) is 4.76. The number of hydrogen-bond acceptors (Lipinski definition) is 4. The molecule has 174 valence electrons. The molecule has 0 atom stereocenters. The van der Waals surface area contributed by atoms with Crippen molar-refractivity contribution in [3.8, 4) is 0 Å². The second-order valence-electron chi connectivity index (χ2n) is 8.03. The van der Waals surface area contributed by atoms with Crippen LogP contribution in [-0.2, 0) is 23.1 Å². The summed E-state index contributed by atoms with van der Waals surface area (Å²) in [5.74, 6) is -0.277. The van der Waals surface area contributed by atoms with E-state index in [1.54, 1.807) is 18.3 Å². The van der Waals surface area contributed by atoms with Crippen molar-refractivity contribution in [3.63, 3.8) is 0 Å². The Kier molecular flexibility index (Phi) is 6.79. The Balaban J connectivity index is 1.42. The summed E-state index contributed by atoms with van der Waals surface area (Å²) in [6.07, 6.45) is 3.62. The largest absolute Gasteiger partial charge is 0.348 e. The Morgan fingerprint density at radius 2 is 1.65 bits per heavy atom. The van der Waals surface area contributed by atoms with E-state index in [-0.39, 0.29) is 10.8 Å². The van der Waals surface area contributed by atoms with Gasteiger partial charge in [0.1, 0.15) is 0 Å². The van der Waals surface area contributed by atoms with Crippen LogP contribution in [0.5, 0.6) is 0 Å². The number of sulfonamides is 1. The maximum absolute atomic E-state index is 12.8. The lowest BCUT2D eigenvalue weighted by Crippen LogP contribution is -2.24. The molecule has 1 amide bonds. The van der Waals surface area contributed by atoms with Crippen LogP contribution < -0.4 is 10.0 Å². The van der Waals surface area contributed by atoms with Crippen LogP contribution in [0.1, 0.15) is 32.6 Å². The fraction of sp³-hybridized carbons (Fsp3) is 0.154. The lowest BCUT2D eigenvalue weighted by atomic mass is 10.1. The number of nitrogens with zero attached hydrogens (tertiary/aromatic N) is 2. The first-order valence-electron chi connectivity index (χ1n) is 10.8. The summed E-state index contributed by atoms with van der Waals surface area (Å²) in [7, 11) is -3.77. The number of carbonyl (C=O) groups excluding carboxylic acids is 1. The molecule has 0 aliphatic heterocycles. The van der Waals surface area contributed by atoms with Crippen LogP contribution in [0.15, 0.2) is 90.1 Å². The topological polar surface area (TPSA) is 93.1 Å². The minimum atomic E-state index is -3.77. The Labute approximate surface area is 199 Å². The minimum absolute atomic E-state index is 0.0922. The van der Waals surface area contributed by atoms with Gasteiger partial charge in [0.2, 0.25) is 0 Å². The standard InChI is InChI=1S/C26H26N4O3S/c1-19-7-5-10-25(20(19)2)29-34(32,33)24-13-11-21(12-14-24)26(31)27-17-22-8-3-4-9-23(22)18-30-16-6-15-28-30/h3-16,29H,17-18H2,1-2H3,(H,27,31). The van der Waals surface area contributed by atoms with Crippen molar-refractivity contribution in [3.05, 3.63) is 113 Å². The molecule has 3 aromatic carbocycles. The molecule has 0 unspecified atom stereocenters. The monoisotopic (exact) mass is 474 g/mol. The lowest BCUT2D eigenvalue weighted by Gasteiger charge is -2.13. The zero-order valence-corrected chi connectivity index (χ0v) is 19.8. The molecule has 1 aromatic heterocycles. The molecule has 0 aliphatic carbocycles. The van der Waals surface area contributed by atoms with Gasteiger partial charge in [-0.15, -0.1) is 0 Å². The summed E-state index contributed by atoms with van der Waals surface area (Å²) in [5.41, 5.74) is 4.84. The molecular formula is C26H26N4O3S. The highest BCUT2D eigenvalue weighted by molar-refractivity contribution is 7.92. The predicted octanol–water partition coefficient (Wildman–Crippen LogP) is 4.28. The van der Waals surface area contributed by atoms with Gasteiger partial charge in [-0.2, -0.15) is 5.10 Å². The van der Waals surface area contributed by atoms with E-state index in [1.807, 2.05) is 61.1 Å². The van der Waals surface area contributed by atoms with E-state index in [4.69, 9.17) is 0 Å². The van der Waals surface area contributed by atoms with Crippen molar-refractivity contribution in [2.45, 2.75) is 31.8 Å². The zero-order valence-electron chi connectivity index (χ0n) is 19.0. The smallest absolute Gasteiger partial charge is 0.261 e. The van der Waals surface area contributed by atoms with E-state index >= 15 is 0 Å². The molecule has 0 fully saturated rings. The van der Waals surface area contributed by atoms with Crippen molar-refractivity contribution in [2.75, 3.05) is 4.72 Å². The molecule has 0 radical (unpaired) electrons. The number of rotatable bonds is 8. The first kappa shape index (κ1) is 23.3. The van der Waals surface area contributed by atoms with Crippen LogP contribution in [0.4, 0.5) is 5.69 Å². The molecule has 0 aliphatic rings. The number of aryl methyl sites for hydroxylation is 1. The number of benzene rings is 3. The van der Waals surface area contributed by atoms with Crippen LogP contribution >= 0.6 is 0 Å². The van der Waals surface area contributed by atoms with Crippen LogP contribution in [0.25, 0.3) is 0 Å². The molecule has 8 heteroatoms. The Hall–Kier alpha value is -3.91. The van der Waals surface area contributed by atoms with Crippen LogP contribution in [-0.4, -0.2) is 24.1 Å². The summed E-state index contributed by atoms with van der Waals surface area (Å²) in [4.78, 5) is 12.8. The van der Waals surface area contributed by atoms with Crippen molar-refractivity contribution in [2.24, 2.45) is 0 Å². The van der Waals surface area contributed by atoms with Gasteiger partial charge in [0.05, 0.1) is 17.1 Å². The molecule has 4 aromatic rings. The maximum Gasteiger partial charge on any atom is 0.261 e. The van der Waals surface area contributed by atoms with Gasteiger partial charge >= 0.3 is 0 Å². The van der Waals surface area contributed by atoms with Crippen LogP contribution in [0, 0.1) is 13.8 Å². The van der Waals surface area contributed by atoms with Crippen molar-refractivity contribution in [1.82, 2.24) is 15.1 Å². The average molecular weight is 475 g/mol. The molecule has 0 bridgehead atoms. The molecule has 2 N–H and O–H groups in total. The molecule has 7 nitrogen and oxygen atoms in total. The van der Waals surface area contributed by atoms with E-state index in [0.29, 0.717) is 24.3 Å². The van der Waals surface area contributed by atoms with Gasteiger partial charge in [-0.05, 0) is 72.5 Å². The first-order valence-corrected chi connectivity index (χ1v) is 12.3. The highest BCUT2D eigenvalue weighted by atomic mass is 32.2. The maximum atomic E-state index is 12.8. The third kappa shape index (κ3) is 5.35. The summed E-state index contributed by atoms with van der Waals surface area (Å²) >= 11 is 0. The fourth-order valence-electron chi connectivity index (χ4n) is 3.58. The van der Waals surface area contributed by atoms with Gasteiger partial charge < -0.3 is 5.32 Å². The summed E-state index contributed by atoms with van der Waals surface area (Å²) in [5, 5.41) is 7.15. The Morgan fingerprint density at radius 3 is 2.35 bits per heavy atom. The second-order valence-corrected chi connectivity index (χ2v) is 9.71. The third-order valence-corrected chi connectivity index (χ3v) is 7.11. The van der Waals surface area contributed by atoms with E-state index < -0.39 is 10.0 Å². The molecule has 0 spiro atoms. The minimum Gasteiger partial charge on any atom is -0.348 e. The van der Waals surface area contributed by atoms with Gasteiger partial charge in [0.25, 0.3) is 15.9 Å². The Morgan fingerprint density at radius 1 is 0.912 bits per heavy atom. The second kappa shape index (κ2) is 9.93. The molecule has 1 heterocycles. The number of hydrogen-bond donors (Lipinski definition) is 2. The Bertz CT molecular complexity index is 1400. The third-order valence-electron chi connectivity index (χ3n) is 5.73. The van der Waals surface area contributed by atoms with Gasteiger partial charge in [-0.1, -0.05) is 36.4 Å². The van der Waals surface area contributed by atoms with E-state index in [1.165, 1.54) is 24.3 Å². The van der Waals surface area contributed by atoms with Crippen molar-refractivity contribution >= 4 is 21.6 Å². The molecule has 34 heavy (non-hydrogen) atoms. The van der Waals surface area contributed by atoms with E-state index in [0.717, 1.165) is 22.3 Å². The number of nitrogens with one attached hydrogen (secondary N) is 2. The van der Waals surface area contributed by atoms with Gasteiger partial charge in [-0.25, -0.2) is 8.42 Å². The number of anilines is 1. The molecule has 0 saturated heterocycles.